The van der Waals surface area contributed by atoms with Crippen LogP contribution in [0.25, 0.3) is 0 Å². The fraction of sp³-hybridized carbons (Fsp3) is 0.333. The van der Waals surface area contributed by atoms with Crippen molar-refractivity contribution in [2.24, 2.45) is 0 Å². The predicted molar refractivity (Wildman–Crippen MR) is 83.1 cm³/mol. The molecule has 0 N–H and O–H groups in total. The molecule has 6 heteroatoms. The van der Waals surface area contributed by atoms with Crippen molar-refractivity contribution in [3.8, 4) is 0 Å². The lowest BCUT2D eigenvalue weighted by Crippen LogP contribution is -2.38. The van der Waals surface area contributed by atoms with Crippen molar-refractivity contribution in [2.75, 3.05) is 24.6 Å². The Balaban J connectivity index is 1.82. The number of anilines is 1. The van der Waals surface area contributed by atoms with Crippen LogP contribution in [0.15, 0.2) is 35.7 Å². The second-order valence-electron chi connectivity index (χ2n) is 5.05. The van der Waals surface area contributed by atoms with Crippen LogP contribution < -0.4 is 4.90 Å². The van der Waals surface area contributed by atoms with Crippen molar-refractivity contribution < 1.29 is 9.66 Å². The summed E-state index contributed by atoms with van der Waals surface area (Å²) in [5.41, 5.74) is 2.11. The molecule has 110 valence electrons. The lowest BCUT2D eigenvalue weighted by atomic mass is 10.1. The summed E-state index contributed by atoms with van der Waals surface area (Å²) in [4.78, 5) is 13.9. The molecule has 1 atom stereocenters. The second-order valence-corrected chi connectivity index (χ2v) is 6.03. The van der Waals surface area contributed by atoms with E-state index < -0.39 is 0 Å². The molecule has 1 aliphatic rings. The van der Waals surface area contributed by atoms with Gasteiger partial charge in [0.2, 0.25) is 0 Å². The van der Waals surface area contributed by atoms with Gasteiger partial charge in [0, 0.05) is 35.8 Å². The van der Waals surface area contributed by atoms with Gasteiger partial charge in [-0.3, -0.25) is 10.1 Å². The molecule has 0 spiro atoms. The number of hydrogen-bond donors (Lipinski definition) is 0. The lowest BCUT2D eigenvalue weighted by molar-refractivity contribution is -0.384. The Morgan fingerprint density at radius 1 is 1.43 bits per heavy atom. The third kappa shape index (κ3) is 2.91. The van der Waals surface area contributed by atoms with Crippen molar-refractivity contribution in [2.45, 2.75) is 13.0 Å². The minimum Gasteiger partial charge on any atom is -0.369 e. The van der Waals surface area contributed by atoms with Gasteiger partial charge in [0.15, 0.2) is 0 Å². The van der Waals surface area contributed by atoms with Gasteiger partial charge in [0.25, 0.3) is 5.69 Å². The van der Waals surface area contributed by atoms with Crippen LogP contribution in [0.3, 0.4) is 0 Å². The summed E-state index contributed by atoms with van der Waals surface area (Å²) in [5, 5.41) is 12.9. The van der Waals surface area contributed by atoms with E-state index in [0.29, 0.717) is 6.61 Å². The first kappa shape index (κ1) is 14.0. The molecule has 1 aromatic heterocycles. The molecule has 5 nitrogen and oxygen atoms in total. The van der Waals surface area contributed by atoms with Gasteiger partial charge in [-0.25, -0.2) is 0 Å². The van der Waals surface area contributed by atoms with E-state index in [1.807, 2.05) is 19.1 Å². The van der Waals surface area contributed by atoms with Crippen molar-refractivity contribution in [3.63, 3.8) is 0 Å². The highest BCUT2D eigenvalue weighted by molar-refractivity contribution is 7.10. The fourth-order valence-corrected chi connectivity index (χ4v) is 3.39. The molecule has 1 saturated heterocycles. The topological polar surface area (TPSA) is 55.6 Å². The number of nitro groups is 1. The minimum atomic E-state index is -0.357. The van der Waals surface area contributed by atoms with Crippen LogP contribution in [-0.4, -0.2) is 24.6 Å². The number of ether oxygens (including phenoxy) is 1. The van der Waals surface area contributed by atoms with Gasteiger partial charge >= 0.3 is 0 Å². The number of nitrogens with zero attached hydrogens (tertiary/aromatic N) is 2. The number of hydrogen-bond acceptors (Lipinski definition) is 5. The molecule has 1 aliphatic heterocycles. The third-order valence-corrected chi connectivity index (χ3v) is 4.62. The maximum atomic E-state index is 10.8. The Bertz CT molecular complexity index is 642. The first-order valence-electron chi connectivity index (χ1n) is 6.80. The molecule has 3 rings (SSSR count). The fourth-order valence-electron chi connectivity index (χ4n) is 2.62. The smallest absolute Gasteiger partial charge is 0.269 e. The molecule has 21 heavy (non-hydrogen) atoms. The molecule has 2 aromatic rings. The predicted octanol–water partition coefficient (Wildman–Crippen LogP) is 3.54. The first-order valence-corrected chi connectivity index (χ1v) is 7.68. The summed E-state index contributed by atoms with van der Waals surface area (Å²) in [6, 6.07) is 9.15. The molecular weight excluding hydrogens is 288 g/mol. The van der Waals surface area contributed by atoms with Crippen molar-refractivity contribution in [3.05, 3.63) is 56.3 Å². The average molecular weight is 304 g/mol. The number of thiophene rings is 1. The number of morpholine rings is 1. The van der Waals surface area contributed by atoms with Crippen LogP contribution >= 0.6 is 11.3 Å². The summed E-state index contributed by atoms with van der Waals surface area (Å²) in [5.74, 6) is 0. The summed E-state index contributed by atoms with van der Waals surface area (Å²) < 4.78 is 5.84. The van der Waals surface area contributed by atoms with E-state index in [2.05, 4.69) is 16.3 Å². The van der Waals surface area contributed by atoms with E-state index in [0.717, 1.165) is 24.3 Å². The standard InChI is InChI=1S/C15H16N2O3S/c1-11-9-12(17(18)19)4-5-13(11)16-6-7-20-14(10-16)15-3-2-8-21-15/h2-5,8-9,14H,6-7,10H2,1H3. The maximum absolute atomic E-state index is 10.8. The summed E-state index contributed by atoms with van der Waals surface area (Å²) >= 11 is 1.70. The Labute approximate surface area is 126 Å². The Morgan fingerprint density at radius 2 is 2.29 bits per heavy atom. The van der Waals surface area contributed by atoms with E-state index in [1.54, 1.807) is 23.5 Å². The number of benzene rings is 1. The van der Waals surface area contributed by atoms with Crippen molar-refractivity contribution >= 4 is 22.7 Å². The number of non-ortho nitro benzene ring substituents is 1. The number of aryl methyl sites for hydroxylation is 1. The molecular formula is C15H16N2O3S. The van der Waals surface area contributed by atoms with Crippen LogP contribution in [0, 0.1) is 17.0 Å². The maximum Gasteiger partial charge on any atom is 0.269 e. The summed E-state index contributed by atoms with van der Waals surface area (Å²) in [6.45, 7) is 4.16. The highest BCUT2D eigenvalue weighted by Gasteiger charge is 2.24. The second kappa shape index (κ2) is 5.83. The van der Waals surface area contributed by atoms with Crippen LogP contribution in [0.4, 0.5) is 11.4 Å². The monoisotopic (exact) mass is 304 g/mol. The Morgan fingerprint density at radius 3 is 2.95 bits per heavy atom. The zero-order valence-electron chi connectivity index (χ0n) is 11.7. The Kier molecular flexibility index (Phi) is 3.90. The zero-order chi connectivity index (χ0) is 14.8. The normalized spacial score (nSPS) is 18.7. The molecule has 0 aliphatic carbocycles. The van der Waals surface area contributed by atoms with Crippen molar-refractivity contribution in [1.29, 1.82) is 0 Å². The molecule has 0 amide bonds. The molecule has 1 unspecified atom stereocenters. The van der Waals surface area contributed by atoms with E-state index >= 15 is 0 Å². The van der Waals surface area contributed by atoms with Crippen LogP contribution in [0.5, 0.6) is 0 Å². The average Bonchev–Trinajstić information content (AvgIpc) is 3.01. The highest BCUT2D eigenvalue weighted by Crippen LogP contribution is 2.31. The molecule has 0 bridgehead atoms. The largest absolute Gasteiger partial charge is 0.369 e. The van der Waals surface area contributed by atoms with Gasteiger partial charge in [-0.05, 0) is 30.0 Å². The third-order valence-electron chi connectivity index (χ3n) is 3.66. The Hall–Kier alpha value is -1.92. The highest BCUT2D eigenvalue weighted by atomic mass is 32.1. The van der Waals surface area contributed by atoms with Gasteiger partial charge in [0.05, 0.1) is 11.5 Å². The first-order chi connectivity index (χ1) is 10.1. The van der Waals surface area contributed by atoms with Crippen LogP contribution in [-0.2, 0) is 4.74 Å². The van der Waals surface area contributed by atoms with Crippen LogP contribution in [0.2, 0.25) is 0 Å². The molecule has 1 aromatic carbocycles. The van der Waals surface area contributed by atoms with E-state index in [-0.39, 0.29) is 16.7 Å². The lowest BCUT2D eigenvalue weighted by Gasteiger charge is -2.35. The van der Waals surface area contributed by atoms with Gasteiger partial charge < -0.3 is 9.64 Å². The molecule has 2 heterocycles. The van der Waals surface area contributed by atoms with Gasteiger partial charge in [-0.15, -0.1) is 11.3 Å². The van der Waals surface area contributed by atoms with Gasteiger partial charge in [-0.2, -0.15) is 0 Å². The SMILES string of the molecule is Cc1cc([N+](=O)[O-])ccc1N1CCOC(c2cccs2)C1. The number of nitro benzene ring substituents is 1. The summed E-state index contributed by atoms with van der Waals surface area (Å²) in [7, 11) is 0. The zero-order valence-corrected chi connectivity index (χ0v) is 12.5. The van der Waals surface area contributed by atoms with Crippen LogP contribution in [0.1, 0.15) is 16.5 Å². The van der Waals surface area contributed by atoms with Gasteiger partial charge in [0.1, 0.15) is 6.10 Å². The minimum absolute atomic E-state index is 0.0772. The summed E-state index contributed by atoms with van der Waals surface area (Å²) in [6.07, 6.45) is 0.0772. The van der Waals surface area contributed by atoms with Gasteiger partial charge in [-0.1, -0.05) is 6.07 Å². The molecule has 0 radical (unpaired) electrons. The van der Waals surface area contributed by atoms with E-state index in [1.165, 1.54) is 4.88 Å². The number of rotatable bonds is 3. The molecule has 0 saturated carbocycles. The van der Waals surface area contributed by atoms with Crippen molar-refractivity contribution in [1.82, 2.24) is 0 Å². The van der Waals surface area contributed by atoms with E-state index in [4.69, 9.17) is 4.74 Å². The van der Waals surface area contributed by atoms with E-state index in [9.17, 15) is 10.1 Å². The quantitative estimate of drug-likeness (QED) is 0.643. The molecule has 1 fully saturated rings.